The third kappa shape index (κ3) is 3.12. The van der Waals surface area contributed by atoms with Crippen LogP contribution in [0.25, 0.3) is 16.5 Å². The van der Waals surface area contributed by atoms with Gasteiger partial charge in [-0.2, -0.15) is 0 Å². The minimum Gasteiger partial charge on any atom is -0.288 e. The van der Waals surface area contributed by atoms with Crippen LogP contribution in [0.3, 0.4) is 0 Å². The lowest BCUT2D eigenvalue weighted by molar-refractivity contribution is 0.105. The van der Waals surface area contributed by atoms with Crippen molar-refractivity contribution in [2.45, 2.75) is 0 Å². The fraction of sp³-hybridized carbons (Fsp3) is 0. The SMILES string of the molecule is O=C(C=Cc1csnn1)c1ccc(-c2ccccc2F)s1. The van der Waals surface area contributed by atoms with Crippen molar-refractivity contribution in [1.29, 1.82) is 0 Å². The summed E-state index contributed by atoms with van der Waals surface area (Å²) in [6.45, 7) is 0. The maximum atomic E-state index is 13.7. The van der Waals surface area contributed by atoms with Gasteiger partial charge in [-0.15, -0.1) is 16.4 Å². The highest BCUT2D eigenvalue weighted by atomic mass is 32.1. The second-order valence-corrected chi connectivity index (χ2v) is 5.86. The Morgan fingerprint density at radius 3 is 2.81 bits per heavy atom. The molecule has 21 heavy (non-hydrogen) atoms. The number of aromatic nitrogens is 2. The monoisotopic (exact) mass is 316 g/mol. The predicted molar refractivity (Wildman–Crippen MR) is 83.0 cm³/mol. The van der Waals surface area contributed by atoms with E-state index in [1.807, 2.05) is 0 Å². The summed E-state index contributed by atoms with van der Waals surface area (Å²) in [6.07, 6.45) is 3.07. The number of benzene rings is 1. The van der Waals surface area contributed by atoms with Crippen LogP contribution in [0.5, 0.6) is 0 Å². The Labute approximate surface area is 128 Å². The second-order valence-electron chi connectivity index (χ2n) is 4.17. The minimum atomic E-state index is -0.289. The molecule has 1 aromatic carbocycles. The van der Waals surface area contributed by atoms with Gasteiger partial charge in [-0.25, -0.2) is 4.39 Å². The van der Waals surface area contributed by atoms with Crippen molar-refractivity contribution in [2.24, 2.45) is 0 Å². The van der Waals surface area contributed by atoms with Crippen molar-refractivity contribution in [3.63, 3.8) is 0 Å². The van der Waals surface area contributed by atoms with Gasteiger partial charge in [0, 0.05) is 15.8 Å². The molecule has 0 atom stereocenters. The lowest BCUT2D eigenvalue weighted by atomic mass is 10.2. The largest absolute Gasteiger partial charge is 0.288 e. The average Bonchev–Trinajstić information content (AvgIpc) is 3.17. The van der Waals surface area contributed by atoms with Gasteiger partial charge in [0.05, 0.1) is 10.6 Å². The number of rotatable bonds is 4. The molecule has 0 unspecified atom stereocenters. The van der Waals surface area contributed by atoms with Crippen LogP contribution in [-0.4, -0.2) is 15.4 Å². The molecular weight excluding hydrogens is 307 g/mol. The third-order valence-corrected chi connectivity index (χ3v) is 4.43. The van der Waals surface area contributed by atoms with Crippen molar-refractivity contribution in [3.8, 4) is 10.4 Å². The van der Waals surface area contributed by atoms with Gasteiger partial charge in [-0.05, 0) is 41.9 Å². The molecule has 0 radical (unpaired) electrons. The van der Waals surface area contributed by atoms with Crippen LogP contribution in [0.15, 0.2) is 47.9 Å². The molecule has 0 saturated heterocycles. The molecule has 3 nitrogen and oxygen atoms in total. The van der Waals surface area contributed by atoms with E-state index in [1.54, 1.807) is 41.8 Å². The summed E-state index contributed by atoms with van der Waals surface area (Å²) in [6, 6.07) is 9.99. The predicted octanol–water partition coefficient (Wildman–Crippen LogP) is 4.30. The van der Waals surface area contributed by atoms with Crippen molar-refractivity contribution in [1.82, 2.24) is 9.59 Å². The first kappa shape index (κ1) is 13.8. The van der Waals surface area contributed by atoms with Gasteiger partial charge >= 0.3 is 0 Å². The molecule has 0 bridgehead atoms. The Morgan fingerprint density at radius 2 is 2.05 bits per heavy atom. The molecule has 2 heterocycles. The zero-order valence-electron chi connectivity index (χ0n) is 10.7. The smallest absolute Gasteiger partial charge is 0.195 e. The minimum absolute atomic E-state index is 0.129. The number of carbonyl (C=O) groups excluding carboxylic acids is 1. The molecule has 3 aromatic rings. The van der Waals surface area contributed by atoms with Crippen molar-refractivity contribution in [3.05, 3.63) is 64.2 Å². The van der Waals surface area contributed by atoms with Crippen LogP contribution in [0.4, 0.5) is 4.39 Å². The molecule has 0 saturated carbocycles. The Kier molecular flexibility index (Phi) is 3.98. The molecule has 0 amide bonds. The molecule has 3 rings (SSSR count). The Bertz CT molecular complexity index is 794. The molecule has 2 aromatic heterocycles. The number of ketones is 1. The highest BCUT2D eigenvalue weighted by Gasteiger charge is 2.10. The zero-order valence-corrected chi connectivity index (χ0v) is 12.3. The molecule has 0 aliphatic carbocycles. The third-order valence-electron chi connectivity index (χ3n) is 2.77. The highest BCUT2D eigenvalue weighted by Crippen LogP contribution is 2.30. The molecule has 0 spiro atoms. The van der Waals surface area contributed by atoms with Crippen molar-refractivity contribution in [2.75, 3.05) is 0 Å². The first-order valence-electron chi connectivity index (χ1n) is 6.08. The first-order valence-corrected chi connectivity index (χ1v) is 7.73. The van der Waals surface area contributed by atoms with Crippen LogP contribution >= 0.6 is 22.9 Å². The number of nitrogens with zero attached hydrogens (tertiary/aromatic N) is 2. The Balaban J connectivity index is 1.82. The van der Waals surface area contributed by atoms with E-state index in [0.29, 0.717) is 16.1 Å². The maximum absolute atomic E-state index is 13.7. The van der Waals surface area contributed by atoms with Gasteiger partial charge in [0.25, 0.3) is 0 Å². The molecular formula is C15H9FN2OS2. The lowest BCUT2D eigenvalue weighted by Crippen LogP contribution is -1.88. The van der Waals surface area contributed by atoms with E-state index in [0.717, 1.165) is 4.88 Å². The molecule has 6 heteroatoms. The quantitative estimate of drug-likeness (QED) is 0.532. The first-order chi connectivity index (χ1) is 10.2. The van der Waals surface area contributed by atoms with Crippen molar-refractivity contribution < 1.29 is 9.18 Å². The van der Waals surface area contributed by atoms with Gasteiger partial charge in [-0.3, -0.25) is 4.79 Å². The summed E-state index contributed by atoms with van der Waals surface area (Å²) in [7, 11) is 0. The Morgan fingerprint density at radius 1 is 1.19 bits per heavy atom. The van der Waals surface area contributed by atoms with E-state index >= 15 is 0 Å². The van der Waals surface area contributed by atoms with E-state index in [2.05, 4.69) is 9.59 Å². The van der Waals surface area contributed by atoms with Gasteiger partial charge < -0.3 is 0 Å². The molecule has 104 valence electrons. The number of hydrogen-bond acceptors (Lipinski definition) is 5. The van der Waals surface area contributed by atoms with Crippen molar-refractivity contribution >= 4 is 34.7 Å². The standard InChI is InChI=1S/C15H9FN2OS2/c16-12-4-2-1-3-11(12)14-7-8-15(21-14)13(19)6-5-10-9-20-18-17-10/h1-9H. The summed E-state index contributed by atoms with van der Waals surface area (Å²) >= 11 is 2.50. The lowest BCUT2D eigenvalue weighted by Gasteiger charge is -1.97. The number of carbonyl (C=O) groups is 1. The number of allylic oxidation sites excluding steroid dienone is 1. The van der Waals surface area contributed by atoms with E-state index in [1.165, 1.54) is 35.0 Å². The zero-order chi connectivity index (χ0) is 14.7. The summed E-state index contributed by atoms with van der Waals surface area (Å²) in [4.78, 5) is 13.4. The molecule has 0 N–H and O–H groups in total. The number of hydrogen-bond donors (Lipinski definition) is 0. The van der Waals surface area contributed by atoms with E-state index in [4.69, 9.17) is 0 Å². The highest BCUT2D eigenvalue weighted by molar-refractivity contribution is 7.17. The topological polar surface area (TPSA) is 42.9 Å². The fourth-order valence-electron chi connectivity index (χ4n) is 1.76. The van der Waals surface area contributed by atoms with Crippen LogP contribution in [0.1, 0.15) is 15.4 Å². The van der Waals surface area contributed by atoms with Crippen LogP contribution in [-0.2, 0) is 0 Å². The Hall–Kier alpha value is -2.18. The summed E-state index contributed by atoms with van der Waals surface area (Å²) in [5.41, 5.74) is 1.16. The summed E-state index contributed by atoms with van der Waals surface area (Å²) in [5.74, 6) is -0.418. The van der Waals surface area contributed by atoms with Gasteiger partial charge in [0.2, 0.25) is 0 Å². The second kappa shape index (κ2) is 6.07. The van der Waals surface area contributed by atoms with E-state index in [9.17, 15) is 9.18 Å². The number of halogens is 1. The van der Waals surface area contributed by atoms with E-state index < -0.39 is 0 Å². The van der Waals surface area contributed by atoms with Gasteiger partial charge in [-0.1, -0.05) is 22.7 Å². The fourth-order valence-corrected chi connectivity index (χ4v) is 3.14. The average molecular weight is 316 g/mol. The molecule has 0 aliphatic heterocycles. The van der Waals surface area contributed by atoms with Crippen LogP contribution in [0, 0.1) is 5.82 Å². The molecule has 0 fully saturated rings. The number of thiophene rings is 1. The van der Waals surface area contributed by atoms with Crippen LogP contribution < -0.4 is 0 Å². The van der Waals surface area contributed by atoms with Crippen LogP contribution in [0.2, 0.25) is 0 Å². The van der Waals surface area contributed by atoms with Gasteiger partial charge in [0.15, 0.2) is 5.78 Å². The normalized spacial score (nSPS) is 11.1. The maximum Gasteiger partial charge on any atom is 0.195 e. The molecule has 0 aliphatic rings. The summed E-state index contributed by atoms with van der Waals surface area (Å²) < 4.78 is 17.4. The van der Waals surface area contributed by atoms with E-state index in [-0.39, 0.29) is 11.6 Å². The van der Waals surface area contributed by atoms with Gasteiger partial charge in [0.1, 0.15) is 5.82 Å². The summed E-state index contributed by atoms with van der Waals surface area (Å²) in [5, 5.41) is 5.58.